The van der Waals surface area contributed by atoms with Crippen molar-refractivity contribution in [3.63, 3.8) is 0 Å². The lowest BCUT2D eigenvalue weighted by Crippen LogP contribution is -2.30. The van der Waals surface area contributed by atoms with Gasteiger partial charge in [0.05, 0.1) is 20.1 Å². The molecule has 0 bridgehead atoms. The van der Waals surface area contributed by atoms with E-state index in [9.17, 15) is 9.59 Å². The van der Waals surface area contributed by atoms with Crippen molar-refractivity contribution in [1.82, 2.24) is 5.32 Å². The highest BCUT2D eigenvalue weighted by Crippen LogP contribution is 2.31. The van der Waals surface area contributed by atoms with Crippen molar-refractivity contribution in [3.05, 3.63) is 35.3 Å². The highest BCUT2D eigenvalue weighted by molar-refractivity contribution is 6.15. The molecule has 3 rings (SSSR count). The van der Waals surface area contributed by atoms with Gasteiger partial charge >= 0.3 is 0 Å². The number of carbonyl (C=O) groups excluding carboxylic acids is 2. The van der Waals surface area contributed by atoms with Crippen LogP contribution in [0.4, 0.5) is 0 Å². The average Bonchev–Trinajstić information content (AvgIpc) is 3.39. The number of dihydropyridines is 1. The molecular formula is C17H20N2O4. The fourth-order valence-corrected chi connectivity index (χ4v) is 2.74. The monoisotopic (exact) mass is 316 g/mol. The first kappa shape index (κ1) is 15.5. The lowest BCUT2D eigenvalue weighted by molar-refractivity contribution is -0.122. The predicted molar refractivity (Wildman–Crippen MR) is 84.5 cm³/mol. The SMILES string of the molecule is COC1=CC=C(OC)C2C=C(CCNC(=O)C3CC3)C(=O)N=C12. The molecule has 1 atom stereocenters. The van der Waals surface area contributed by atoms with Crippen LogP contribution < -0.4 is 5.32 Å². The Labute approximate surface area is 134 Å². The molecule has 1 fully saturated rings. The summed E-state index contributed by atoms with van der Waals surface area (Å²) in [7, 11) is 3.14. The summed E-state index contributed by atoms with van der Waals surface area (Å²) in [6.45, 7) is 0.448. The number of ether oxygens (including phenoxy) is 2. The first-order chi connectivity index (χ1) is 11.1. The number of aliphatic imine (C=N–C) groups is 1. The van der Waals surface area contributed by atoms with Gasteiger partial charge in [-0.05, 0) is 31.4 Å². The Bertz CT molecular complexity index is 654. The van der Waals surface area contributed by atoms with Crippen LogP contribution in [0.3, 0.4) is 0 Å². The van der Waals surface area contributed by atoms with Crippen LogP contribution in [0.15, 0.2) is 40.3 Å². The molecule has 1 heterocycles. The number of nitrogens with zero attached hydrogens (tertiary/aromatic N) is 1. The van der Waals surface area contributed by atoms with Gasteiger partial charge in [-0.1, -0.05) is 6.08 Å². The third-order valence-electron chi connectivity index (χ3n) is 4.21. The van der Waals surface area contributed by atoms with E-state index in [0.717, 1.165) is 18.6 Å². The Morgan fingerprint density at radius 3 is 2.74 bits per heavy atom. The van der Waals surface area contributed by atoms with Gasteiger partial charge in [0.15, 0.2) is 0 Å². The van der Waals surface area contributed by atoms with E-state index in [0.29, 0.717) is 30.0 Å². The topological polar surface area (TPSA) is 77.0 Å². The molecule has 23 heavy (non-hydrogen) atoms. The normalized spacial score (nSPS) is 23.0. The van der Waals surface area contributed by atoms with Gasteiger partial charge in [-0.3, -0.25) is 9.59 Å². The zero-order valence-corrected chi connectivity index (χ0v) is 13.3. The minimum Gasteiger partial charge on any atom is -0.500 e. The maximum absolute atomic E-state index is 12.2. The number of amides is 2. The molecule has 6 nitrogen and oxygen atoms in total. The number of nitrogens with one attached hydrogen (secondary N) is 1. The molecule has 1 aliphatic heterocycles. The minimum atomic E-state index is -0.280. The fraction of sp³-hybridized carbons (Fsp3) is 0.471. The van der Waals surface area contributed by atoms with Crippen molar-refractivity contribution in [1.29, 1.82) is 0 Å². The zero-order chi connectivity index (χ0) is 16.4. The first-order valence-corrected chi connectivity index (χ1v) is 7.75. The van der Waals surface area contributed by atoms with Crippen LogP contribution in [0.2, 0.25) is 0 Å². The van der Waals surface area contributed by atoms with Gasteiger partial charge in [0.2, 0.25) is 5.91 Å². The third kappa shape index (κ3) is 3.21. The number of methoxy groups -OCH3 is 2. The van der Waals surface area contributed by atoms with E-state index < -0.39 is 0 Å². The third-order valence-corrected chi connectivity index (χ3v) is 4.21. The van der Waals surface area contributed by atoms with Crippen LogP contribution in [-0.4, -0.2) is 38.3 Å². The first-order valence-electron chi connectivity index (χ1n) is 7.75. The highest BCUT2D eigenvalue weighted by Gasteiger charge is 2.33. The minimum absolute atomic E-state index is 0.0813. The van der Waals surface area contributed by atoms with Crippen LogP contribution in [0.5, 0.6) is 0 Å². The summed E-state index contributed by atoms with van der Waals surface area (Å²) in [6, 6.07) is 0. The lowest BCUT2D eigenvalue weighted by Gasteiger charge is -2.26. The Balaban J connectivity index is 1.70. The van der Waals surface area contributed by atoms with E-state index in [2.05, 4.69) is 10.3 Å². The van der Waals surface area contributed by atoms with Crippen molar-refractivity contribution in [2.24, 2.45) is 16.8 Å². The zero-order valence-electron chi connectivity index (χ0n) is 13.3. The summed E-state index contributed by atoms with van der Waals surface area (Å²) in [4.78, 5) is 28.0. The van der Waals surface area contributed by atoms with Crippen molar-refractivity contribution in [2.75, 3.05) is 20.8 Å². The lowest BCUT2D eigenvalue weighted by atomic mass is 9.89. The Kier molecular flexibility index (Phi) is 4.32. The summed E-state index contributed by atoms with van der Waals surface area (Å²) in [5.41, 5.74) is 1.16. The van der Waals surface area contributed by atoms with E-state index in [1.807, 2.05) is 12.2 Å². The molecule has 122 valence electrons. The van der Waals surface area contributed by atoms with E-state index in [1.54, 1.807) is 20.3 Å². The van der Waals surface area contributed by atoms with Gasteiger partial charge in [-0.15, -0.1) is 0 Å². The summed E-state index contributed by atoms with van der Waals surface area (Å²) in [6.07, 6.45) is 7.83. The second-order valence-electron chi connectivity index (χ2n) is 5.80. The average molecular weight is 316 g/mol. The molecule has 2 amide bonds. The van der Waals surface area contributed by atoms with Crippen molar-refractivity contribution in [3.8, 4) is 0 Å². The molecule has 0 aromatic heterocycles. The summed E-state index contributed by atoms with van der Waals surface area (Å²) >= 11 is 0. The van der Waals surface area contributed by atoms with Crippen LogP contribution in [-0.2, 0) is 19.1 Å². The molecule has 1 unspecified atom stereocenters. The molecule has 0 aromatic carbocycles. The maximum Gasteiger partial charge on any atom is 0.273 e. The van der Waals surface area contributed by atoms with E-state index in [-0.39, 0.29) is 23.7 Å². The number of carbonyl (C=O) groups is 2. The summed E-state index contributed by atoms with van der Waals surface area (Å²) < 4.78 is 10.6. The number of hydrogen-bond donors (Lipinski definition) is 1. The van der Waals surface area contributed by atoms with Crippen LogP contribution in [0.25, 0.3) is 0 Å². The number of allylic oxidation sites excluding steroid dienone is 4. The van der Waals surface area contributed by atoms with Crippen LogP contribution in [0.1, 0.15) is 19.3 Å². The predicted octanol–water partition coefficient (Wildman–Crippen LogP) is 1.50. The van der Waals surface area contributed by atoms with Gasteiger partial charge in [0.1, 0.15) is 17.2 Å². The number of hydrogen-bond acceptors (Lipinski definition) is 4. The molecule has 1 saturated carbocycles. The Morgan fingerprint density at radius 2 is 2.09 bits per heavy atom. The van der Waals surface area contributed by atoms with E-state index >= 15 is 0 Å². The van der Waals surface area contributed by atoms with Crippen molar-refractivity contribution in [2.45, 2.75) is 19.3 Å². The maximum atomic E-state index is 12.2. The second kappa shape index (κ2) is 6.40. The molecular weight excluding hydrogens is 296 g/mol. The van der Waals surface area contributed by atoms with Gasteiger partial charge in [0.25, 0.3) is 5.91 Å². The van der Waals surface area contributed by atoms with Gasteiger partial charge in [-0.25, -0.2) is 4.99 Å². The Hall–Kier alpha value is -2.37. The standard InChI is InChI=1S/C17H20N2O4/c1-22-13-5-6-14(23-2)15-12(13)9-11(17(21)19-15)7-8-18-16(20)10-3-4-10/h5-6,9-10,12H,3-4,7-8H2,1-2H3,(H,18,20). The van der Waals surface area contributed by atoms with Gasteiger partial charge in [0, 0.05) is 18.0 Å². The molecule has 0 spiro atoms. The molecule has 6 heteroatoms. The molecule has 0 saturated heterocycles. The summed E-state index contributed by atoms with van der Waals surface area (Å²) in [5.74, 6) is 1.05. The number of fused-ring (bicyclic) bond motifs is 1. The van der Waals surface area contributed by atoms with Gasteiger partial charge < -0.3 is 14.8 Å². The quantitative estimate of drug-likeness (QED) is 0.805. The smallest absolute Gasteiger partial charge is 0.273 e. The van der Waals surface area contributed by atoms with Crippen molar-refractivity contribution < 1.29 is 19.1 Å². The Morgan fingerprint density at radius 1 is 1.30 bits per heavy atom. The van der Waals surface area contributed by atoms with Crippen LogP contribution >= 0.6 is 0 Å². The number of rotatable bonds is 6. The molecule has 0 radical (unpaired) electrons. The highest BCUT2D eigenvalue weighted by atomic mass is 16.5. The van der Waals surface area contributed by atoms with Crippen molar-refractivity contribution >= 4 is 17.5 Å². The van der Waals surface area contributed by atoms with E-state index in [1.165, 1.54) is 0 Å². The second-order valence-corrected chi connectivity index (χ2v) is 5.80. The summed E-state index contributed by atoms with van der Waals surface area (Å²) in [5, 5.41) is 2.87. The largest absolute Gasteiger partial charge is 0.500 e. The molecule has 2 aliphatic carbocycles. The molecule has 1 N–H and O–H groups in total. The van der Waals surface area contributed by atoms with E-state index in [4.69, 9.17) is 9.47 Å². The van der Waals surface area contributed by atoms with Crippen LogP contribution in [0, 0.1) is 11.8 Å². The fourth-order valence-electron chi connectivity index (χ4n) is 2.74. The molecule has 3 aliphatic rings. The van der Waals surface area contributed by atoms with Gasteiger partial charge in [-0.2, -0.15) is 0 Å². The molecule has 0 aromatic rings.